The van der Waals surface area contributed by atoms with Crippen LogP contribution in [0.5, 0.6) is 0 Å². The average Bonchev–Trinajstić information content (AvgIpc) is 2.40. The minimum absolute atomic E-state index is 0.304. The second-order valence-electron chi connectivity index (χ2n) is 5.38. The molecule has 0 aromatic heterocycles. The van der Waals surface area contributed by atoms with Crippen LogP contribution in [0.15, 0.2) is 0 Å². The van der Waals surface area contributed by atoms with Gasteiger partial charge in [-0.15, -0.1) is 0 Å². The third kappa shape index (κ3) is 3.65. The van der Waals surface area contributed by atoms with E-state index in [0.29, 0.717) is 24.7 Å². The normalized spacial score (nSPS) is 33.5. The molecule has 0 aromatic carbocycles. The van der Waals surface area contributed by atoms with E-state index >= 15 is 0 Å². The molecule has 3 unspecified atom stereocenters. The third-order valence-electron chi connectivity index (χ3n) is 4.07. The van der Waals surface area contributed by atoms with Crippen molar-refractivity contribution in [2.75, 3.05) is 32.9 Å². The number of piperidine rings is 1. The van der Waals surface area contributed by atoms with Crippen molar-refractivity contribution in [3.8, 4) is 0 Å². The monoisotopic (exact) mass is 242 g/mol. The Morgan fingerprint density at radius 2 is 2.35 bits per heavy atom. The fourth-order valence-corrected chi connectivity index (χ4v) is 3.12. The van der Waals surface area contributed by atoms with Gasteiger partial charge in [0.2, 0.25) is 0 Å². The number of rotatable bonds is 4. The van der Waals surface area contributed by atoms with E-state index in [0.717, 1.165) is 39.1 Å². The van der Waals surface area contributed by atoms with Crippen molar-refractivity contribution in [2.24, 2.45) is 0 Å². The molecule has 0 radical (unpaired) electrons. The van der Waals surface area contributed by atoms with E-state index in [-0.39, 0.29) is 0 Å². The predicted molar refractivity (Wildman–Crippen MR) is 68.1 cm³/mol. The maximum absolute atomic E-state index is 9.43. The van der Waals surface area contributed by atoms with Crippen molar-refractivity contribution < 1.29 is 9.84 Å². The van der Waals surface area contributed by atoms with Crippen molar-refractivity contribution in [3.05, 3.63) is 0 Å². The number of aliphatic hydroxyl groups excluding tert-OH is 1. The molecule has 2 heterocycles. The van der Waals surface area contributed by atoms with E-state index in [1.54, 1.807) is 0 Å². The smallest absolute Gasteiger partial charge is 0.0620 e. The Hall–Kier alpha value is -0.160. The molecule has 0 spiro atoms. The molecule has 2 aliphatic rings. The van der Waals surface area contributed by atoms with Crippen molar-refractivity contribution in [1.82, 2.24) is 10.2 Å². The molecule has 100 valence electrons. The highest BCUT2D eigenvalue weighted by atomic mass is 16.5. The summed E-state index contributed by atoms with van der Waals surface area (Å²) in [5.41, 5.74) is 0. The van der Waals surface area contributed by atoms with Gasteiger partial charge in [-0.1, -0.05) is 6.42 Å². The number of morpholine rings is 1. The molecule has 2 saturated heterocycles. The summed E-state index contributed by atoms with van der Waals surface area (Å²) in [5.74, 6) is 0. The van der Waals surface area contributed by atoms with E-state index in [1.807, 2.05) is 0 Å². The Bertz CT molecular complexity index is 219. The zero-order valence-corrected chi connectivity index (χ0v) is 10.9. The van der Waals surface area contributed by atoms with Gasteiger partial charge in [-0.2, -0.15) is 0 Å². The Kier molecular flexibility index (Phi) is 5.22. The van der Waals surface area contributed by atoms with Crippen LogP contribution in [0.25, 0.3) is 0 Å². The topological polar surface area (TPSA) is 44.7 Å². The molecule has 4 heteroatoms. The zero-order chi connectivity index (χ0) is 12.1. The maximum Gasteiger partial charge on any atom is 0.0620 e. The molecule has 2 aliphatic heterocycles. The fraction of sp³-hybridized carbons (Fsp3) is 1.00. The van der Waals surface area contributed by atoms with Crippen molar-refractivity contribution >= 4 is 0 Å². The summed E-state index contributed by atoms with van der Waals surface area (Å²) in [4.78, 5) is 2.49. The first kappa shape index (κ1) is 13.3. The van der Waals surface area contributed by atoms with Crippen LogP contribution in [0.3, 0.4) is 0 Å². The maximum atomic E-state index is 9.43. The summed E-state index contributed by atoms with van der Waals surface area (Å²) in [7, 11) is 0. The first-order chi connectivity index (χ1) is 8.31. The molecule has 0 saturated carbocycles. The number of aliphatic hydroxyl groups is 1. The molecular weight excluding hydrogens is 216 g/mol. The highest BCUT2D eigenvalue weighted by Gasteiger charge is 2.27. The number of ether oxygens (including phenoxy) is 1. The number of hydrogen-bond acceptors (Lipinski definition) is 4. The van der Waals surface area contributed by atoms with Gasteiger partial charge in [0.15, 0.2) is 0 Å². The summed E-state index contributed by atoms with van der Waals surface area (Å²) in [6, 6.07) is 1.40. The Balaban J connectivity index is 1.82. The molecule has 2 rings (SSSR count). The molecule has 0 amide bonds. The minimum atomic E-state index is 0.304. The molecule has 2 N–H and O–H groups in total. The van der Waals surface area contributed by atoms with Crippen LogP contribution in [-0.4, -0.2) is 61.0 Å². The van der Waals surface area contributed by atoms with E-state index < -0.39 is 0 Å². The van der Waals surface area contributed by atoms with E-state index in [2.05, 4.69) is 17.1 Å². The summed E-state index contributed by atoms with van der Waals surface area (Å²) < 4.78 is 5.49. The summed E-state index contributed by atoms with van der Waals surface area (Å²) in [6.45, 7) is 6.37. The molecule has 2 fully saturated rings. The first-order valence-electron chi connectivity index (χ1n) is 6.99. The number of likely N-dealkylation sites (tertiary alicyclic amines) is 1. The van der Waals surface area contributed by atoms with Crippen molar-refractivity contribution in [2.45, 2.75) is 50.7 Å². The first-order valence-corrected chi connectivity index (χ1v) is 6.99. The van der Waals surface area contributed by atoms with Gasteiger partial charge in [0.05, 0.1) is 19.8 Å². The third-order valence-corrected chi connectivity index (χ3v) is 4.07. The zero-order valence-electron chi connectivity index (χ0n) is 10.9. The standard InChI is InChI=1S/C13H26N2O2/c1-11(8-12-10-17-7-5-14-12)15-6-3-2-4-13(15)9-16/h11-14,16H,2-10H2,1H3. The number of hydrogen-bond donors (Lipinski definition) is 2. The van der Waals surface area contributed by atoms with E-state index in [4.69, 9.17) is 4.74 Å². The Morgan fingerprint density at radius 3 is 3.06 bits per heavy atom. The van der Waals surface area contributed by atoms with Crippen molar-refractivity contribution in [1.29, 1.82) is 0 Å². The molecular formula is C13H26N2O2. The van der Waals surface area contributed by atoms with Gasteiger partial charge in [0.25, 0.3) is 0 Å². The lowest BCUT2D eigenvalue weighted by Gasteiger charge is -2.40. The quantitative estimate of drug-likeness (QED) is 0.758. The highest BCUT2D eigenvalue weighted by Crippen LogP contribution is 2.21. The summed E-state index contributed by atoms with van der Waals surface area (Å²) in [6.07, 6.45) is 4.81. The van der Waals surface area contributed by atoms with Crippen LogP contribution in [-0.2, 0) is 4.74 Å². The van der Waals surface area contributed by atoms with Gasteiger partial charge in [-0.05, 0) is 32.7 Å². The minimum Gasteiger partial charge on any atom is -0.395 e. The molecule has 3 atom stereocenters. The second kappa shape index (κ2) is 6.69. The largest absolute Gasteiger partial charge is 0.395 e. The van der Waals surface area contributed by atoms with Crippen LogP contribution in [0.4, 0.5) is 0 Å². The average molecular weight is 242 g/mol. The SMILES string of the molecule is CC(CC1COCCN1)N1CCCCC1CO. The van der Waals surface area contributed by atoms with Gasteiger partial charge in [-0.3, -0.25) is 4.90 Å². The van der Waals surface area contributed by atoms with Gasteiger partial charge in [0, 0.05) is 24.7 Å². The molecule has 0 aromatic rings. The van der Waals surface area contributed by atoms with Gasteiger partial charge in [-0.25, -0.2) is 0 Å². The molecule has 0 aliphatic carbocycles. The predicted octanol–water partition coefficient (Wildman–Crippen LogP) is 0.600. The lowest BCUT2D eigenvalue weighted by atomic mass is 9.98. The number of nitrogens with zero attached hydrogens (tertiary/aromatic N) is 1. The van der Waals surface area contributed by atoms with Crippen LogP contribution in [0.2, 0.25) is 0 Å². The number of nitrogens with one attached hydrogen (secondary N) is 1. The van der Waals surface area contributed by atoms with Crippen LogP contribution in [0.1, 0.15) is 32.6 Å². The lowest BCUT2D eigenvalue weighted by Crippen LogP contribution is -2.51. The van der Waals surface area contributed by atoms with Gasteiger partial charge in [0.1, 0.15) is 0 Å². The van der Waals surface area contributed by atoms with Crippen molar-refractivity contribution in [3.63, 3.8) is 0 Å². The van der Waals surface area contributed by atoms with Crippen LogP contribution >= 0.6 is 0 Å². The van der Waals surface area contributed by atoms with Gasteiger partial charge < -0.3 is 15.2 Å². The second-order valence-corrected chi connectivity index (χ2v) is 5.38. The summed E-state index contributed by atoms with van der Waals surface area (Å²) >= 11 is 0. The molecule has 0 bridgehead atoms. The van der Waals surface area contributed by atoms with E-state index in [1.165, 1.54) is 12.8 Å². The van der Waals surface area contributed by atoms with E-state index in [9.17, 15) is 5.11 Å². The highest BCUT2D eigenvalue weighted by molar-refractivity contribution is 4.84. The Morgan fingerprint density at radius 1 is 1.47 bits per heavy atom. The lowest BCUT2D eigenvalue weighted by molar-refractivity contribution is 0.0310. The van der Waals surface area contributed by atoms with Crippen LogP contribution < -0.4 is 5.32 Å². The Labute approximate surface area is 104 Å². The molecule has 4 nitrogen and oxygen atoms in total. The van der Waals surface area contributed by atoms with Crippen LogP contribution in [0, 0.1) is 0 Å². The molecule has 17 heavy (non-hydrogen) atoms. The fourth-order valence-electron chi connectivity index (χ4n) is 3.12. The van der Waals surface area contributed by atoms with Gasteiger partial charge >= 0.3 is 0 Å². The summed E-state index contributed by atoms with van der Waals surface area (Å²) in [5, 5.41) is 12.9.